The van der Waals surface area contributed by atoms with E-state index in [0.29, 0.717) is 0 Å². The zero-order valence-electron chi connectivity index (χ0n) is 22.6. The summed E-state index contributed by atoms with van der Waals surface area (Å²) in [7, 11) is -4.31. The van der Waals surface area contributed by atoms with Gasteiger partial charge in [0.05, 0.1) is 19.8 Å². The van der Waals surface area contributed by atoms with Gasteiger partial charge in [-0.2, -0.15) is 5.09 Å². The summed E-state index contributed by atoms with van der Waals surface area (Å²) in [6.07, 6.45) is 2.34. The Hall–Kier alpha value is -3.24. The first-order valence-corrected chi connectivity index (χ1v) is 14.0. The molecule has 1 aliphatic heterocycles. The molecule has 6 atom stereocenters. The molecule has 40 heavy (non-hydrogen) atoms. The summed E-state index contributed by atoms with van der Waals surface area (Å²) in [4.78, 5) is 38.1. The molecule has 0 bridgehead atoms. The number of hydrogen-bond donors (Lipinski definition) is 4. The van der Waals surface area contributed by atoms with Crippen LogP contribution >= 0.6 is 7.75 Å². The average molecular weight is 580 g/mol. The molecule has 4 N–H and O–H groups in total. The quantitative estimate of drug-likeness (QED) is 0.168. The zero-order chi connectivity index (χ0) is 29.7. The molecule has 0 amide bonds. The van der Waals surface area contributed by atoms with Crippen molar-refractivity contribution in [3.8, 4) is 18.1 Å². The number of aromatic amines is 1. The van der Waals surface area contributed by atoms with Gasteiger partial charge in [0.15, 0.2) is 5.60 Å². The number of rotatable bonds is 11. The number of benzene rings is 1. The van der Waals surface area contributed by atoms with Gasteiger partial charge in [-0.3, -0.25) is 23.7 Å². The summed E-state index contributed by atoms with van der Waals surface area (Å²) in [6, 6.07) is 8.02. The van der Waals surface area contributed by atoms with Crippen molar-refractivity contribution in [3.63, 3.8) is 0 Å². The van der Waals surface area contributed by atoms with Gasteiger partial charge in [-0.15, -0.1) is 6.42 Å². The van der Waals surface area contributed by atoms with E-state index in [2.05, 4.69) is 16.0 Å². The number of aromatic nitrogens is 2. The predicted octanol–water partition coefficient (Wildman–Crippen LogP) is 0.800. The van der Waals surface area contributed by atoms with Gasteiger partial charge < -0.3 is 24.2 Å². The second-order valence-corrected chi connectivity index (χ2v) is 12.3. The van der Waals surface area contributed by atoms with Crippen LogP contribution in [-0.2, 0) is 29.9 Å². The standard InChI is InChI=1S/C26H34N3O10P/c1-6-26(34)20(14-29-13-12-21(30)27-24(29)33)38-19(22(26)31)15-37-40(35,39-18-10-8-7-9-11-18)28-17(2)23(32)36-16-25(3,4)5/h1,7-13,17,19-20,22,31,34H,14-16H2,2-5H3,(H,28,35)(H,27,30,33). The third-order valence-electron chi connectivity index (χ3n) is 5.85. The molecule has 1 fully saturated rings. The van der Waals surface area contributed by atoms with E-state index >= 15 is 0 Å². The monoisotopic (exact) mass is 579 g/mol. The summed E-state index contributed by atoms with van der Waals surface area (Å²) in [5, 5.41) is 24.3. The number of H-pyrrole nitrogens is 1. The molecular weight excluding hydrogens is 545 g/mol. The maximum atomic E-state index is 13.8. The Balaban J connectivity index is 1.77. The number of terminal acetylenes is 1. The van der Waals surface area contributed by atoms with Gasteiger partial charge in [-0.25, -0.2) is 9.36 Å². The van der Waals surface area contributed by atoms with Crippen LogP contribution in [0.3, 0.4) is 0 Å². The lowest BCUT2D eigenvalue weighted by molar-refractivity contribution is -0.148. The SMILES string of the molecule is C#CC1(O)C(Cn2ccc(=O)[nH]c2=O)OC(COP(=O)(NC(C)C(=O)OCC(C)(C)C)Oc2ccccc2)C1O. The molecule has 3 rings (SSSR count). The van der Waals surface area contributed by atoms with E-state index in [-0.39, 0.29) is 24.3 Å². The van der Waals surface area contributed by atoms with Gasteiger partial charge in [0.1, 0.15) is 30.1 Å². The van der Waals surface area contributed by atoms with Gasteiger partial charge in [0.25, 0.3) is 5.56 Å². The van der Waals surface area contributed by atoms with Crippen LogP contribution in [-0.4, -0.2) is 68.9 Å². The highest BCUT2D eigenvalue weighted by atomic mass is 31.2. The lowest BCUT2D eigenvalue weighted by atomic mass is 9.91. The Morgan fingerprint density at radius 2 is 1.98 bits per heavy atom. The minimum Gasteiger partial charge on any atom is -0.464 e. The maximum absolute atomic E-state index is 13.8. The van der Waals surface area contributed by atoms with Crippen LogP contribution in [0.1, 0.15) is 27.7 Å². The molecule has 218 valence electrons. The smallest absolute Gasteiger partial charge is 0.459 e. The number of aliphatic hydroxyl groups is 2. The first kappa shape index (κ1) is 31.3. The van der Waals surface area contributed by atoms with Gasteiger partial charge in [0.2, 0.25) is 0 Å². The highest BCUT2D eigenvalue weighted by Crippen LogP contribution is 2.46. The Morgan fingerprint density at radius 1 is 1.30 bits per heavy atom. The first-order chi connectivity index (χ1) is 18.7. The van der Waals surface area contributed by atoms with E-state index in [1.807, 2.05) is 20.8 Å². The average Bonchev–Trinajstić information content (AvgIpc) is 3.12. The van der Waals surface area contributed by atoms with Crippen molar-refractivity contribution in [2.75, 3.05) is 13.2 Å². The van der Waals surface area contributed by atoms with Crippen molar-refractivity contribution < 1.29 is 38.1 Å². The molecule has 0 spiro atoms. The van der Waals surface area contributed by atoms with E-state index < -0.39 is 61.5 Å². The highest BCUT2D eigenvalue weighted by Gasteiger charge is 2.55. The number of carbonyl (C=O) groups is 1. The molecule has 1 aliphatic rings. The zero-order valence-corrected chi connectivity index (χ0v) is 23.5. The Morgan fingerprint density at radius 3 is 2.58 bits per heavy atom. The number of nitrogens with one attached hydrogen (secondary N) is 2. The summed E-state index contributed by atoms with van der Waals surface area (Å²) < 4.78 is 37.0. The van der Waals surface area contributed by atoms with Crippen molar-refractivity contribution in [1.82, 2.24) is 14.6 Å². The second-order valence-electron chi connectivity index (χ2n) is 10.6. The van der Waals surface area contributed by atoms with Gasteiger partial charge in [0, 0.05) is 12.3 Å². The fraction of sp³-hybridized carbons (Fsp3) is 0.500. The van der Waals surface area contributed by atoms with Crippen LogP contribution in [0.2, 0.25) is 0 Å². The number of aliphatic hydroxyl groups excluding tert-OH is 1. The third-order valence-corrected chi connectivity index (χ3v) is 7.50. The van der Waals surface area contributed by atoms with Crippen molar-refractivity contribution in [1.29, 1.82) is 0 Å². The number of ether oxygens (including phenoxy) is 2. The molecular formula is C26H34N3O10P. The molecule has 0 radical (unpaired) electrons. The predicted molar refractivity (Wildman–Crippen MR) is 143 cm³/mol. The normalized spacial score (nSPS) is 25.0. The van der Waals surface area contributed by atoms with Crippen molar-refractivity contribution in [3.05, 3.63) is 63.4 Å². The van der Waals surface area contributed by atoms with Gasteiger partial charge >= 0.3 is 19.4 Å². The highest BCUT2D eigenvalue weighted by molar-refractivity contribution is 7.52. The van der Waals surface area contributed by atoms with Crippen molar-refractivity contribution >= 4 is 13.7 Å². The Kier molecular flexibility index (Phi) is 9.79. The molecule has 1 aromatic heterocycles. The van der Waals surface area contributed by atoms with Crippen LogP contribution in [0, 0.1) is 17.8 Å². The fourth-order valence-corrected chi connectivity index (χ4v) is 5.21. The van der Waals surface area contributed by atoms with E-state index in [1.165, 1.54) is 25.3 Å². The van der Waals surface area contributed by atoms with Crippen LogP contribution in [0.15, 0.2) is 52.2 Å². The molecule has 2 heterocycles. The van der Waals surface area contributed by atoms with Gasteiger partial charge in [-0.1, -0.05) is 44.9 Å². The largest absolute Gasteiger partial charge is 0.464 e. The minimum atomic E-state index is -4.31. The molecule has 1 saturated heterocycles. The minimum absolute atomic E-state index is 0.120. The second kappa shape index (κ2) is 12.5. The summed E-state index contributed by atoms with van der Waals surface area (Å²) >= 11 is 0. The summed E-state index contributed by atoms with van der Waals surface area (Å²) in [6.45, 7) is 6.28. The van der Waals surface area contributed by atoms with E-state index in [1.54, 1.807) is 18.2 Å². The van der Waals surface area contributed by atoms with Crippen LogP contribution < -0.4 is 20.9 Å². The van der Waals surface area contributed by atoms with E-state index in [4.69, 9.17) is 24.9 Å². The van der Waals surface area contributed by atoms with Crippen molar-refractivity contribution in [2.45, 2.75) is 64.2 Å². The maximum Gasteiger partial charge on any atom is 0.459 e. The van der Waals surface area contributed by atoms with Crippen LogP contribution in [0.5, 0.6) is 5.75 Å². The first-order valence-electron chi connectivity index (χ1n) is 12.4. The van der Waals surface area contributed by atoms with E-state index in [9.17, 15) is 29.2 Å². The molecule has 2 aromatic rings. The molecule has 14 heteroatoms. The Labute approximate surface area is 231 Å². The number of nitrogens with zero attached hydrogens (tertiary/aromatic N) is 1. The topological polar surface area (TPSA) is 178 Å². The Bertz CT molecular complexity index is 1380. The number of carbonyl (C=O) groups excluding carboxylic acids is 1. The molecule has 13 nitrogen and oxygen atoms in total. The summed E-state index contributed by atoms with van der Waals surface area (Å²) in [5.74, 6) is 1.56. The van der Waals surface area contributed by atoms with Crippen molar-refractivity contribution in [2.24, 2.45) is 5.41 Å². The summed E-state index contributed by atoms with van der Waals surface area (Å²) in [5.41, 5.74) is -3.95. The molecule has 0 saturated carbocycles. The number of hydrogen-bond acceptors (Lipinski definition) is 10. The lowest BCUT2D eigenvalue weighted by Crippen LogP contribution is -2.49. The van der Waals surface area contributed by atoms with Crippen LogP contribution in [0.4, 0.5) is 0 Å². The molecule has 1 aromatic carbocycles. The molecule has 6 unspecified atom stereocenters. The molecule has 0 aliphatic carbocycles. The number of para-hydroxylation sites is 1. The fourth-order valence-electron chi connectivity index (χ4n) is 3.70. The van der Waals surface area contributed by atoms with E-state index in [0.717, 1.165) is 10.6 Å². The van der Waals surface area contributed by atoms with Gasteiger partial charge in [-0.05, 0) is 24.5 Å². The lowest BCUT2D eigenvalue weighted by Gasteiger charge is -2.26. The number of esters is 1. The third kappa shape index (κ3) is 7.91. The van der Waals surface area contributed by atoms with Crippen LogP contribution in [0.25, 0.3) is 0 Å².